The molecule has 146 valence electrons. The fourth-order valence-electron chi connectivity index (χ4n) is 3.86. The lowest BCUT2D eigenvalue weighted by Gasteiger charge is -2.22. The van der Waals surface area contributed by atoms with Crippen molar-refractivity contribution >= 4 is 27.3 Å². The number of carbonyl (C=O) groups is 2. The Labute approximate surface area is 163 Å². The highest BCUT2D eigenvalue weighted by molar-refractivity contribution is 7.91. The van der Waals surface area contributed by atoms with Crippen LogP contribution < -0.4 is 10.2 Å². The number of para-hydroxylation sites is 1. The topological polar surface area (TPSA) is 96.4 Å². The van der Waals surface area contributed by atoms with Gasteiger partial charge in [0.2, 0.25) is 0 Å². The third kappa shape index (κ3) is 3.52. The molecule has 1 fully saturated rings. The molecular formula is C20H21N3O4S. The molecule has 1 aromatic heterocycles. The van der Waals surface area contributed by atoms with E-state index >= 15 is 0 Å². The van der Waals surface area contributed by atoms with Crippen molar-refractivity contribution in [1.29, 1.82) is 0 Å². The van der Waals surface area contributed by atoms with Crippen molar-refractivity contribution < 1.29 is 18.0 Å². The van der Waals surface area contributed by atoms with Crippen LogP contribution in [0.2, 0.25) is 0 Å². The number of hydrogen-bond donors (Lipinski definition) is 1. The minimum atomic E-state index is -3.08. The van der Waals surface area contributed by atoms with Crippen LogP contribution in [0.15, 0.2) is 42.6 Å². The van der Waals surface area contributed by atoms with Gasteiger partial charge in [0, 0.05) is 29.5 Å². The van der Waals surface area contributed by atoms with E-state index in [4.69, 9.17) is 0 Å². The van der Waals surface area contributed by atoms with E-state index in [1.807, 2.05) is 31.2 Å². The zero-order valence-electron chi connectivity index (χ0n) is 15.5. The molecule has 2 amide bonds. The van der Waals surface area contributed by atoms with Crippen molar-refractivity contribution in [2.75, 3.05) is 16.4 Å². The smallest absolute Gasteiger partial charge is 0.277 e. The van der Waals surface area contributed by atoms with E-state index in [1.165, 1.54) is 18.3 Å². The van der Waals surface area contributed by atoms with Crippen LogP contribution in [0.4, 0.5) is 5.69 Å². The first kappa shape index (κ1) is 18.6. The average Bonchev–Trinajstić information content (AvgIpc) is 3.19. The van der Waals surface area contributed by atoms with Gasteiger partial charge in [-0.15, -0.1) is 0 Å². The standard InChI is InChI=1S/C20H21N3O4S/c1-13-10-14-4-2-3-5-18(14)23(13)20(25)17-11-15(6-8-21-17)19(24)22-16-7-9-28(26,27)12-16/h2-6,8,11,13,16H,7,9-10,12H2,1H3,(H,22,24). The van der Waals surface area contributed by atoms with E-state index in [0.29, 0.717) is 12.0 Å². The summed E-state index contributed by atoms with van der Waals surface area (Å²) in [6, 6.07) is 10.4. The quantitative estimate of drug-likeness (QED) is 0.846. The number of sulfone groups is 1. The van der Waals surface area contributed by atoms with Gasteiger partial charge in [0.05, 0.1) is 11.5 Å². The summed E-state index contributed by atoms with van der Waals surface area (Å²) in [5.41, 5.74) is 2.46. The summed E-state index contributed by atoms with van der Waals surface area (Å²) in [6.45, 7) is 1.98. The Morgan fingerprint density at radius 3 is 2.75 bits per heavy atom. The fraction of sp³-hybridized carbons (Fsp3) is 0.350. The first-order valence-corrected chi connectivity index (χ1v) is 11.0. The van der Waals surface area contributed by atoms with E-state index < -0.39 is 21.8 Å². The van der Waals surface area contributed by atoms with Crippen LogP contribution in [0.5, 0.6) is 0 Å². The first-order valence-electron chi connectivity index (χ1n) is 9.23. The summed E-state index contributed by atoms with van der Waals surface area (Å²) in [4.78, 5) is 31.5. The van der Waals surface area contributed by atoms with Crippen LogP contribution in [0.3, 0.4) is 0 Å². The molecule has 8 heteroatoms. The number of aromatic nitrogens is 1. The Morgan fingerprint density at radius 1 is 1.21 bits per heavy atom. The van der Waals surface area contributed by atoms with E-state index in [0.717, 1.165) is 17.7 Å². The van der Waals surface area contributed by atoms with Crippen molar-refractivity contribution in [3.63, 3.8) is 0 Å². The van der Waals surface area contributed by atoms with E-state index in [2.05, 4.69) is 10.3 Å². The van der Waals surface area contributed by atoms with Gasteiger partial charge in [0.1, 0.15) is 5.69 Å². The van der Waals surface area contributed by atoms with Crippen LogP contribution in [-0.4, -0.2) is 48.8 Å². The molecule has 4 rings (SSSR count). The van der Waals surface area contributed by atoms with Gasteiger partial charge in [-0.05, 0) is 43.5 Å². The molecule has 0 bridgehead atoms. The highest BCUT2D eigenvalue weighted by atomic mass is 32.2. The number of rotatable bonds is 3. The molecule has 1 aromatic carbocycles. The Morgan fingerprint density at radius 2 is 2.00 bits per heavy atom. The molecule has 0 radical (unpaired) electrons. The van der Waals surface area contributed by atoms with Crippen LogP contribution in [0.1, 0.15) is 39.8 Å². The number of nitrogens with zero attached hydrogens (tertiary/aromatic N) is 2. The molecule has 0 aliphatic carbocycles. The van der Waals surface area contributed by atoms with Gasteiger partial charge in [-0.2, -0.15) is 0 Å². The molecule has 1 N–H and O–H groups in total. The van der Waals surface area contributed by atoms with Crippen molar-refractivity contribution in [3.05, 3.63) is 59.4 Å². The molecule has 0 spiro atoms. The molecule has 2 aromatic rings. The second kappa shape index (κ2) is 7.01. The minimum absolute atomic E-state index is 0.00729. The van der Waals surface area contributed by atoms with Gasteiger partial charge in [-0.1, -0.05) is 18.2 Å². The van der Waals surface area contributed by atoms with E-state index in [9.17, 15) is 18.0 Å². The Bertz CT molecular complexity index is 1050. The maximum Gasteiger partial charge on any atom is 0.277 e. The second-order valence-corrected chi connectivity index (χ2v) is 9.59. The number of anilines is 1. The minimum Gasteiger partial charge on any atom is -0.348 e. The lowest BCUT2D eigenvalue weighted by Crippen LogP contribution is -2.37. The number of nitrogens with one attached hydrogen (secondary N) is 1. The van der Waals surface area contributed by atoms with Crippen LogP contribution >= 0.6 is 0 Å². The fourth-order valence-corrected chi connectivity index (χ4v) is 5.54. The SMILES string of the molecule is CC1Cc2ccccc2N1C(=O)c1cc(C(=O)NC2CCS(=O)(=O)C2)ccn1. The largest absolute Gasteiger partial charge is 0.348 e. The second-order valence-electron chi connectivity index (χ2n) is 7.36. The molecule has 2 unspecified atom stereocenters. The summed E-state index contributed by atoms with van der Waals surface area (Å²) in [5, 5.41) is 2.74. The monoisotopic (exact) mass is 399 g/mol. The molecular weight excluding hydrogens is 378 g/mol. The normalized spacial score (nSPS) is 22.7. The highest BCUT2D eigenvalue weighted by Gasteiger charge is 2.32. The van der Waals surface area contributed by atoms with Gasteiger partial charge < -0.3 is 10.2 Å². The van der Waals surface area contributed by atoms with Crippen molar-refractivity contribution in [3.8, 4) is 0 Å². The molecule has 2 aliphatic heterocycles. The molecule has 3 heterocycles. The van der Waals surface area contributed by atoms with Crippen LogP contribution in [0.25, 0.3) is 0 Å². The molecule has 2 atom stereocenters. The number of hydrogen-bond acceptors (Lipinski definition) is 5. The summed E-state index contributed by atoms with van der Waals surface area (Å²) < 4.78 is 23.1. The zero-order valence-corrected chi connectivity index (χ0v) is 16.3. The van der Waals surface area contributed by atoms with Gasteiger partial charge in [0.25, 0.3) is 11.8 Å². The van der Waals surface area contributed by atoms with Gasteiger partial charge in [0.15, 0.2) is 9.84 Å². The van der Waals surface area contributed by atoms with Crippen LogP contribution in [0, 0.1) is 0 Å². The molecule has 7 nitrogen and oxygen atoms in total. The number of fused-ring (bicyclic) bond motifs is 1. The van der Waals surface area contributed by atoms with Crippen molar-refractivity contribution in [2.24, 2.45) is 0 Å². The highest BCUT2D eigenvalue weighted by Crippen LogP contribution is 2.32. The number of pyridine rings is 1. The molecule has 2 aliphatic rings. The Hall–Kier alpha value is -2.74. The summed E-state index contributed by atoms with van der Waals surface area (Å²) in [7, 11) is -3.08. The predicted octanol–water partition coefficient (Wildman–Crippen LogP) is 1.59. The summed E-state index contributed by atoms with van der Waals surface area (Å²) in [5.74, 6) is -0.605. The van der Waals surface area contributed by atoms with Crippen molar-refractivity contribution in [2.45, 2.75) is 31.8 Å². The van der Waals surface area contributed by atoms with Gasteiger partial charge >= 0.3 is 0 Å². The van der Waals surface area contributed by atoms with E-state index in [1.54, 1.807) is 4.90 Å². The maximum atomic E-state index is 13.1. The molecule has 28 heavy (non-hydrogen) atoms. The first-order chi connectivity index (χ1) is 13.3. The maximum absolute atomic E-state index is 13.1. The number of amides is 2. The average molecular weight is 399 g/mol. The summed E-state index contributed by atoms with van der Waals surface area (Å²) >= 11 is 0. The number of carbonyl (C=O) groups excluding carboxylic acids is 2. The lowest BCUT2D eigenvalue weighted by atomic mass is 10.1. The Balaban J connectivity index is 1.54. The van der Waals surface area contributed by atoms with Crippen molar-refractivity contribution in [1.82, 2.24) is 10.3 Å². The zero-order chi connectivity index (χ0) is 19.9. The third-order valence-electron chi connectivity index (χ3n) is 5.23. The molecule has 0 saturated carbocycles. The lowest BCUT2D eigenvalue weighted by molar-refractivity contribution is 0.0941. The number of benzene rings is 1. The Kier molecular flexibility index (Phi) is 4.66. The summed E-state index contributed by atoms with van der Waals surface area (Å²) in [6.07, 6.45) is 2.62. The molecule has 1 saturated heterocycles. The predicted molar refractivity (Wildman–Crippen MR) is 105 cm³/mol. The van der Waals surface area contributed by atoms with Gasteiger partial charge in [-0.3, -0.25) is 14.6 Å². The van der Waals surface area contributed by atoms with E-state index in [-0.39, 0.29) is 29.1 Å². The van der Waals surface area contributed by atoms with Crippen LogP contribution in [-0.2, 0) is 16.3 Å². The third-order valence-corrected chi connectivity index (χ3v) is 7.00. The van der Waals surface area contributed by atoms with Gasteiger partial charge in [-0.25, -0.2) is 8.42 Å².